The lowest BCUT2D eigenvalue weighted by molar-refractivity contribution is 0.425. The van der Waals surface area contributed by atoms with Crippen molar-refractivity contribution in [1.82, 2.24) is 0 Å². The second-order valence-electron chi connectivity index (χ2n) is 3.25. The fraction of sp³-hybridized carbons (Fsp3) is 0.250. The van der Waals surface area contributed by atoms with Crippen LogP contribution in [0.5, 0.6) is 0 Å². The third-order valence-electron chi connectivity index (χ3n) is 2.04. The van der Waals surface area contributed by atoms with Crippen LogP contribution in [0.1, 0.15) is 10.9 Å². The molecule has 0 bridgehead atoms. The molecule has 0 spiro atoms. The first-order valence-corrected chi connectivity index (χ1v) is 6.19. The summed E-state index contributed by atoms with van der Waals surface area (Å²) in [6.45, 7) is 0. The summed E-state index contributed by atoms with van der Waals surface area (Å²) in [5.41, 5.74) is 5.81. The Balaban J connectivity index is 3.26. The van der Waals surface area contributed by atoms with Gasteiger partial charge in [0.05, 0.1) is 0 Å². The van der Waals surface area contributed by atoms with Crippen molar-refractivity contribution in [2.75, 3.05) is 6.26 Å². The second-order valence-corrected chi connectivity index (χ2v) is 5.42. The lowest BCUT2D eigenvalue weighted by atomic mass is 9.77. The van der Waals surface area contributed by atoms with Crippen LogP contribution in [0.3, 0.4) is 0 Å². The maximum absolute atomic E-state index is 11.2. The molecule has 0 aliphatic heterocycles. The highest BCUT2D eigenvalue weighted by Gasteiger charge is 2.24. The maximum Gasteiger partial charge on any atom is 0.488 e. The molecule has 0 aromatic heterocycles. The first-order valence-electron chi connectivity index (χ1n) is 4.23. The standard InChI is InChI=1S/C8H12BNO4S/c1-15(13,14)8(10)6-4-2-3-5-7(6)9(11)12/h2-5,8,11-12H,10H2,1H3. The number of rotatable bonds is 3. The van der Waals surface area contributed by atoms with Crippen molar-refractivity contribution < 1.29 is 18.5 Å². The van der Waals surface area contributed by atoms with E-state index in [2.05, 4.69) is 0 Å². The molecule has 0 fully saturated rings. The molecule has 0 saturated carbocycles. The molecule has 5 nitrogen and oxygen atoms in total. The molecule has 0 amide bonds. The maximum atomic E-state index is 11.2. The fourth-order valence-corrected chi connectivity index (χ4v) is 1.91. The Morgan fingerprint density at radius 1 is 1.33 bits per heavy atom. The normalized spacial score (nSPS) is 13.6. The lowest BCUT2D eigenvalue weighted by Crippen LogP contribution is -2.37. The third-order valence-corrected chi connectivity index (χ3v) is 3.22. The van der Waals surface area contributed by atoms with Gasteiger partial charge in [0.25, 0.3) is 0 Å². The van der Waals surface area contributed by atoms with Crippen molar-refractivity contribution in [1.29, 1.82) is 0 Å². The van der Waals surface area contributed by atoms with Gasteiger partial charge in [-0.25, -0.2) is 8.42 Å². The zero-order valence-corrected chi connectivity index (χ0v) is 8.98. The summed E-state index contributed by atoms with van der Waals surface area (Å²) in [5.74, 6) is 0. The molecule has 82 valence electrons. The van der Waals surface area contributed by atoms with E-state index < -0.39 is 22.3 Å². The van der Waals surface area contributed by atoms with Crippen LogP contribution in [0.15, 0.2) is 24.3 Å². The number of hydrogen-bond acceptors (Lipinski definition) is 5. The fourth-order valence-electron chi connectivity index (χ4n) is 1.24. The second kappa shape index (κ2) is 4.32. The van der Waals surface area contributed by atoms with Crippen molar-refractivity contribution in [3.63, 3.8) is 0 Å². The van der Waals surface area contributed by atoms with Gasteiger partial charge in [0.1, 0.15) is 5.37 Å². The summed E-state index contributed by atoms with van der Waals surface area (Å²) >= 11 is 0. The molecule has 0 radical (unpaired) electrons. The molecule has 1 unspecified atom stereocenters. The molecular formula is C8H12BNO4S. The molecule has 15 heavy (non-hydrogen) atoms. The molecule has 1 aromatic rings. The summed E-state index contributed by atoms with van der Waals surface area (Å²) < 4.78 is 22.4. The molecule has 1 atom stereocenters. The molecule has 1 rings (SSSR count). The predicted octanol–water partition coefficient (Wildman–Crippen LogP) is -1.63. The van der Waals surface area contributed by atoms with Gasteiger partial charge in [-0.1, -0.05) is 24.3 Å². The summed E-state index contributed by atoms with van der Waals surface area (Å²) in [6.07, 6.45) is 0.998. The van der Waals surface area contributed by atoms with Crippen molar-refractivity contribution in [3.8, 4) is 0 Å². The summed E-state index contributed by atoms with van der Waals surface area (Å²) in [7, 11) is -5.18. The largest absolute Gasteiger partial charge is 0.488 e. The SMILES string of the molecule is CS(=O)(=O)C(N)c1ccccc1B(O)O. The number of benzene rings is 1. The van der Waals surface area contributed by atoms with Gasteiger partial charge >= 0.3 is 7.12 Å². The zero-order chi connectivity index (χ0) is 11.6. The van der Waals surface area contributed by atoms with Gasteiger partial charge in [-0.05, 0) is 11.0 Å². The highest BCUT2D eigenvalue weighted by molar-refractivity contribution is 7.90. The van der Waals surface area contributed by atoms with Crippen molar-refractivity contribution in [3.05, 3.63) is 29.8 Å². The van der Waals surface area contributed by atoms with Gasteiger partial charge in [-0.3, -0.25) is 0 Å². The van der Waals surface area contributed by atoms with Crippen LogP contribution in [0, 0.1) is 0 Å². The average molecular weight is 229 g/mol. The van der Waals surface area contributed by atoms with Crippen LogP contribution in [0.4, 0.5) is 0 Å². The molecule has 0 heterocycles. The van der Waals surface area contributed by atoms with Crippen LogP contribution >= 0.6 is 0 Å². The van der Waals surface area contributed by atoms with Crippen LogP contribution in [0.25, 0.3) is 0 Å². The minimum absolute atomic E-state index is 0.107. The molecule has 0 aliphatic carbocycles. The van der Waals surface area contributed by atoms with Crippen molar-refractivity contribution in [2.24, 2.45) is 5.73 Å². The highest BCUT2D eigenvalue weighted by atomic mass is 32.2. The molecule has 7 heteroatoms. The Morgan fingerprint density at radius 3 is 2.33 bits per heavy atom. The van der Waals surface area contributed by atoms with Crippen molar-refractivity contribution >= 4 is 22.4 Å². The Bertz CT molecular complexity index is 446. The van der Waals surface area contributed by atoms with Gasteiger partial charge in [0, 0.05) is 6.26 Å². The number of nitrogens with two attached hydrogens (primary N) is 1. The Hall–Kier alpha value is -0.885. The van der Waals surface area contributed by atoms with Crippen LogP contribution in [0.2, 0.25) is 0 Å². The van der Waals surface area contributed by atoms with Gasteiger partial charge in [0.15, 0.2) is 9.84 Å². The first-order chi connectivity index (χ1) is 6.84. The molecular weight excluding hydrogens is 217 g/mol. The van der Waals surface area contributed by atoms with E-state index >= 15 is 0 Å². The topological polar surface area (TPSA) is 101 Å². The Labute approximate surface area is 88.6 Å². The van der Waals surface area contributed by atoms with E-state index in [4.69, 9.17) is 15.8 Å². The Kier molecular flexibility index (Phi) is 3.51. The molecule has 0 saturated heterocycles. The lowest BCUT2D eigenvalue weighted by Gasteiger charge is -2.14. The highest BCUT2D eigenvalue weighted by Crippen LogP contribution is 2.13. The van der Waals surface area contributed by atoms with E-state index in [1.54, 1.807) is 12.1 Å². The van der Waals surface area contributed by atoms with Gasteiger partial charge in [-0.2, -0.15) is 0 Å². The van der Waals surface area contributed by atoms with E-state index in [0.717, 1.165) is 6.26 Å². The van der Waals surface area contributed by atoms with Gasteiger partial charge in [0.2, 0.25) is 0 Å². The summed E-state index contributed by atoms with van der Waals surface area (Å²) in [6, 6.07) is 6.05. The van der Waals surface area contributed by atoms with E-state index in [-0.39, 0.29) is 11.0 Å². The summed E-state index contributed by atoms with van der Waals surface area (Å²) in [5, 5.41) is 16.8. The molecule has 4 N–H and O–H groups in total. The van der Waals surface area contributed by atoms with E-state index in [0.29, 0.717) is 0 Å². The van der Waals surface area contributed by atoms with Gasteiger partial charge < -0.3 is 15.8 Å². The van der Waals surface area contributed by atoms with Gasteiger partial charge in [-0.15, -0.1) is 0 Å². The van der Waals surface area contributed by atoms with Crippen LogP contribution in [-0.4, -0.2) is 31.8 Å². The minimum Gasteiger partial charge on any atom is -0.423 e. The first kappa shape index (κ1) is 12.2. The smallest absolute Gasteiger partial charge is 0.423 e. The number of sulfone groups is 1. The van der Waals surface area contributed by atoms with Crippen molar-refractivity contribution in [2.45, 2.75) is 5.37 Å². The van der Waals surface area contributed by atoms with E-state index in [9.17, 15) is 8.42 Å². The molecule has 0 aliphatic rings. The number of hydrogen-bond donors (Lipinski definition) is 3. The quantitative estimate of drug-likeness (QED) is 0.540. The van der Waals surface area contributed by atoms with E-state index in [1.165, 1.54) is 12.1 Å². The Morgan fingerprint density at radius 2 is 1.87 bits per heavy atom. The monoisotopic (exact) mass is 229 g/mol. The zero-order valence-electron chi connectivity index (χ0n) is 8.16. The predicted molar refractivity (Wildman–Crippen MR) is 58.0 cm³/mol. The van der Waals surface area contributed by atoms with Crippen LogP contribution in [-0.2, 0) is 9.84 Å². The molecule has 1 aromatic carbocycles. The minimum atomic E-state index is -3.46. The average Bonchev–Trinajstić information content (AvgIpc) is 2.15. The summed E-state index contributed by atoms with van der Waals surface area (Å²) in [4.78, 5) is 0. The third kappa shape index (κ3) is 2.79. The van der Waals surface area contributed by atoms with Crippen LogP contribution < -0.4 is 11.2 Å². The van der Waals surface area contributed by atoms with E-state index in [1.807, 2.05) is 0 Å².